The van der Waals surface area contributed by atoms with E-state index in [9.17, 15) is 5.11 Å². The Morgan fingerprint density at radius 2 is 2.23 bits per heavy atom. The van der Waals surface area contributed by atoms with Gasteiger partial charge in [-0.15, -0.1) is 0 Å². The molecular formula is C9H12BrNO2. The quantitative estimate of drug-likeness (QED) is 0.869. The smallest absolute Gasteiger partial charge is 0.139 e. The number of nitrogens with zero attached hydrogens (tertiary/aromatic N) is 1. The van der Waals surface area contributed by atoms with Crippen molar-refractivity contribution in [2.45, 2.75) is 20.0 Å². The Hall–Kier alpha value is -0.610. The Balaban J connectivity index is 3.27. The molecule has 3 nitrogen and oxygen atoms in total. The van der Waals surface area contributed by atoms with Crippen molar-refractivity contribution in [2.75, 3.05) is 7.11 Å². The molecular weight excluding hydrogens is 234 g/mol. The molecule has 0 aliphatic heterocycles. The zero-order valence-electron chi connectivity index (χ0n) is 7.84. The summed E-state index contributed by atoms with van der Waals surface area (Å²) >= 11 is 3.32. The molecule has 0 saturated heterocycles. The highest BCUT2D eigenvalue weighted by Crippen LogP contribution is 2.31. The van der Waals surface area contributed by atoms with Gasteiger partial charge in [-0.1, -0.05) is 0 Å². The van der Waals surface area contributed by atoms with E-state index in [0.29, 0.717) is 5.69 Å². The average molecular weight is 246 g/mol. The van der Waals surface area contributed by atoms with Gasteiger partial charge in [0.1, 0.15) is 5.75 Å². The predicted octanol–water partition coefficient (Wildman–Crippen LogP) is 2.21. The molecule has 13 heavy (non-hydrogen) atoms. The SMILES string of the molecule is COc1c(Br)cnc(C(C)O)c1C. The molecule has 0 aliphatic carbocycles. The minimum Gasteiger partial charge on any atom is -0.495 e. The highest BCUT2D eigenvalue weighted by atomic mass is 79.9. The van der Waals surface area contributed by atoms with Gasteiger partial charge in [0.2, 0.25) is 0 Å². The van der Waals surface area contributed by atoms with E-state index in [1.54, 1.807) is 20.2 Å². The van der Waals surface area contributed by atoms with E-state index in [-0.39, 0.29) is 0 Å². The van der Waals surface area contributed by atoms with Gasteiger partial charge in [0.15, 0.2) is 0 Å². The first-order valence-corrected chi connectivity index (χ1v) is 4.74. The summed E-state index contributed by atoms with van der Waals surface area (Å²) in [5.74, 6) is 0.728. The largest absolute Gasteiger partial charge is 0.495 e. The van der Waals surface area contributed by atoms with Crippen LogP contribution in [0.1, 0.15) is 24.3 Å². The van der Waals surface area contributed by atoms with E-state index in [1.807, 2.05) is 6.92 Å². The van der Waals surface area contributed by atoms with Crippen molar-refractivity contribution in [1.29, 1.82) is 0 Å². The van der Waals surface area contributed by atoms with Crippen molar-refractivity contribution in [3.8, 4) is 5.75 Å². The van der Waals surface area contributed by atoms with E-state index < -0.39 is 6.10 Å². The van der Waals surface area contributed by atoms with Crippen LogP contribution in [0.4, 0.5) is 0 Å². The maximum atomic E-state index is 9.38. The second-order valence-electron chi connectivity index (χ2n) is 2.83. The van der Waals surface area contributed by atoms with Crippen molar-refractivity contribution in [3.05, 3.63) is 21.9 Å². The number of methoxy groups -OCH3 is 1. The van der Waals surface area contributed by atoms with Gasteiger partial charge in [0.25, 0.3) is 0 Å². The predicted molar refractivity (Wildman–Crippen MR) is 53.9 cm³/mol. The standard InChI is InChI=1S/C9H12BrNO2/c1-5-8(6(2)12)11-4-7(10)9(5)13-3/h4,6,12H,1-3H3. The molecule has 72 valence electrons. The van der Waals surface area contributed by atoms with Gasteiger partial charge in [-0.25, -0.2) is 0 Å². The topological polar surface area (TPSA) is 42.4 Å². The van der Waals surface area contributed by atoms with Crippen molar-refractivity contribution >= 4 is 15.9 Å². The van der Waals surface area contributed by atoms with Crippen LogP contribution in [0.15, 0.2) is 10.7 Å². The summed E-state index contributed by atoms with van der Waals surface area (Å²) in [6, 6.07) is 0. The van der Waals surface area contributed by atoms with Crippen LogP contribution in [0.5, 0.6) is 5.75 Å². The molecule has 0 amide bonds. The maximum absolute atomic E-state index is 9.38. The Bertz CT molecular complexity index is 313. The van der Waals surface area contributed by atoms with Crippen LogP contribution in [-0.2, 0) is 0 Å². The fourth-order valence-electron chi connectivity index (χ4n) is 1.25. The minimum absolute atomic E-state index is 0.568. The molecule has 1 unspecified atom stereocenters. The Morgan fingerprint density at radius 1 is 1.62 bits per heavy atom. The van der Waals surface area contributed by atoms with Crippen LogP contribution in [0, 0.1) is 6.92 Å². The molecule has 0 bridgehead atoms. The summed E-state index contributed by atoms with van der Waals surface area (Å²) in [6.45, 7) is 3.56. The number of ether oxygens (including phenoxy) is 1. The van der Waals surface area contributed by atoms with Crippen LogP contribution in [0.2, 0.25) is 0 Å². The minimum atomic E-state index is -0.568. The lowest BCUT2D eigenvalue weighted by atomic mass is 10.1. The zero-order valence-corrected chi connectivity index (χ0v) is 9.42. The van der Waals surface area contributed by atoms with Crippen LogP contribution >= 0.6 is 15.9 Å². The highest BCUT2D eigenvalue weighted by Gasteiger charge is 2.13. The third-order valence-electron chi connectivity index (χ3n) is 1.86. The number of halogens is 1. The molecule has 1 heterocycles. The monoisotopic (exact) mass is 245 g/mol. The van der Waals surface area contributed by atoms with Gasteiger partial charge in [0, 0.05) is 11.8 Å². The number of aromatic nitrogens is 1. The van der Waals surface area contributed by atoms with Crippen LogP contribution in [0.3, 0.4) is 0 Å². The number of aliphatic hydroxyl groups excluding tert-OH is 1. The number of aliphatic hydroxyl groups is 1. The lowest BCUT2D eigenvalue weighted by Crippen LogP contribution is -2.01. The van der Waals surface area contributed by atoms with Gasteiger partial charge >= 0.3 is 0 Å². The third kappa shape index (κ3) is 2.00. The highest BCUT2D eigenvalue weighted by molar-refractivity contribution is 9.10. The van der Waals surface area contributed by atoms with Crippen LogP contribution in [-0.4, -0.2) is 17.2 Å². The van der Waals surface area contributed by atoms with Crippen molar-refractivity contribution in [3.63, 3.8) is 0 Å². The van der Waals surface area contributed by atoms with Crippen LogP contribution in [0.25, 0.3) is 0 Å². The molecule has 4 heteroatoms. The van der Waals surface area contributed by atoms with Gasteiger partial charge < -0.3 is 9.84 Å². The second kappa shape index (κ2) is 4.07. The number of pyridine rings is 1. The lowest BCUT2D eigenvalue weighted by Gasteiger charge is -2.12. The summed E-state index contributed by atoms with van der Waals surface area (Å²) in [7, 11) is 1.60. The van der Waals surface area contributed by atoms with Crippen molar-refractivity contribution in [2.24, 2.45) is 0 Å². The molecule has 0 aliphatic rings. The molecule has 1 N–H and O–H groups in total. The first kappa shape index (κ1) is 10.5. The van der Waals surface area contributed by atoms with E-state index in [2.05, 4.69) is 20.9 Å². The van der Waals surface area contributed by atoms with E-state index in [1.165, 1.54) is 0 Å². The molecule has 0 aromatic carbocycles. The molecule has 1 aromatic rings. The molecule has 0 saturated carbocycles. The number of hydrogen-bond acceptors (Lipinski definition) is 3. The second-order valence-corrected chi connectivity index (χ2v) is 3.68. The molecule has 0 radical (unpaired) electrons. The fraction of sp³-hybridized carbons (Fsp3) is 0.444. The molecule has 1 atom stereocenters. The van der Waals surface area contributed by atoms with Crippen molar-refractivity contribution in [1.82, 2.24) is 4.98 Å². The summed E-state index contributed by atoms with van der Waals surface area (Å²) in [4.78, 5) is 4.11. The molecule has 1 rings (SSSR count). The van der Waals surface area contributed by atoms with Gasteiger partial charge in [-0.3, -0.25) is 4.98 Å². The molecule has 1 aromatic heterocycles. The number of hydrogen-bond donors (Lipinski definition) is 1. The van der Waals surface area contributed by atoms with E-state index in [4.69, 9.17) is 4.74 Å². The summed E-state index contributed by atoms with van der Waals surface area (Å²) in [6.07, 6.45) is 1.07. The van der Waals surface area contributed by atoms with Gasteiger partial charge in [-0.05, 0) is 29.8 Å². The normalized spacial score (nSPS) is 12.7. The van der Waals surface area contributed by atoms with Crippen molar-refractivity contribution < 1.29 is 9.84 Å². The van der Waals surface area contributed by atoms with Gasteiger partial charge in [-0.2, -0.15) is 0 Å². The maximum Gasteiger partial charge on any atom is 0.139 e. The zero-order chi connectivity index (χ0) is 10.0. The van der Waals surface area contributed by atoms with Gasteiger partial charge in [0.05, 0.1) is 23.4 Å². The summed E-state index contributed by atoms with van der Waals surface area (Å²) in [5.41, 5.74) is 1.52. The average Bonchev–Trinajstić information content (AvgIpc) is 2.04. The molecule has 0 spiro atoms. The van der Waals surface area contributed by atoms with E-state index >= 15 is 0 Å². The fourth-order valence-corrected chi connectivity index (χ4v) is 1.81. The third-order valence-corrected chi connectivity index (χ3v) is 2.42. The van der Waals surface area contributed by atoms with E-state index in [0.717, 1.165) is 15.8 Å². The Labute approximate surface area is 85.9 Å². The van der Waals surface area contributed by atoms with Crippen LogP contribution < -0.4 is 4.74 Å². The lowest BCUT2D eigenvalue weighted by molar-refractivity contribution is 0.192. The summed E-state index contributed by atoms with van der Waals surface area (Å²) < 4.78 is 5.97. The summed E-state index contributed by atoms with van der Waals surface area (Å²) in [5, 5.41) is 9.38. The number of rotatable bonds is 2. The molecule has 0 fully saturated rings. The Kier molecular flexibility index (Phi) is 3.27. The Morgan fingerprint density at radius 3 is 2.69 bits per heavy atom. The first-order valence-electron chi connectivity index (χ1n) is 3.95. The first-order chi connectivity index (χ1) is 6.07.